The van der Waals surface area contributed by atoms with Gasteiger partial charge in [0.05, 0.1) is 22.5 Å². The average Bonchev–Trinajstić information content (AvgIpc) is 2.79. The largest absolute Gasteiger partial charge is 0.455 e. The predicted molar refractivity (Wildman–Crippen MR) is 116 cm³/mol. The van der Waals surface area contributed by atoms with Crippen molar-refractivity contribution in [2.24, 2.45) is 0 Å². The topological polar surface area (TPSA) is 101 Å². The summed E-state index contributed by atoms with van der Waals surface area (Å²) in [5.74, 6) is 0.619. The van der Waals surface area contributed by atoms with Gasteiger partial charge in [-0.25, -0.2) is 8.42 Å². The van der Waals surface area contributed by atoms with Crippen molar-refractivity contribution in [2.45, 2.75) is 4.90 Å². The van der Waals surface area contributed by atoms with Gasteiger partial charge in [-0.1, -0.05) is 18.2 Å². The molecule has 0 saturated carbocycles. The second-order valence-corrected chi connectivity index (χ2v) is 8.72. The fourth-order valence-electron chi connectivity index (χ4n) is 3.41. The number of sulfonamides is 1. The number of rotatable bonds is 4. The quantitative estimate of drug-likeness (QED) is 0.529. The number of fused-ring (bicyclic) bond motifs is 2. The number of benzene rings is 2. The number of pyridine rings is 2. The Bertz CT molecular complexity index is 1400. The summed E-state index contributed by atoms with van der Waals surface area (Å²) in [6.45, 7) is -0.306. The molecule has 0 saturated heterocycles. The van der Waals surface area contributed by atoms with E-state index in [1.165, 1.54) is 24.5 Å². The lowest BCUT2D eigenvalue weighted by molar-refractivity contribution is -0.115. The number of hydrogen-bond donors (Lipinski definition) is 1. The summed E-state index contributed by atoms with van der Waals surface area (Å²) < 4.78 is 33.4. The van der Waals surface area contributed by atoms with Crippen molar-refractivity contribution in [3.05, 3.63) is 79.3 Å². The Balaban J connectivity index is 1.45. The normalized spacial score (nSPS) is 13.5. The fraction of sp³-hybridized carbons (Fsp3) is 0.0455. The summed E-state index contributed by atoms with van der Waals surface area (Å²) in [4.78, 5) is 20.3. The van der Waals surface area contributed by atoms with Gasteiger partial charge in [0.1, 0.15) is 17.8 Å². The number of hydrogen-bond acceptors (Lipinski definition) is 6. The number of anilines is 2. The minimum absolute atomic E-state index is 0.0494. The van der Waals surface area contributed by atoms with Crippen LogP contribution in [0.15, 0.2) is 84.1 Å². The lowest BCUT2D eigenvalue weighted by Crippen LogP contribution is -2.42. The Morgan fingerprint density at radius 3 is 2.61 bits per heavy atom. The smallest absolute Gasteiger partial charge is 0.264 e. The SMILES string of the molecule is O=C1CN(S(=O)(=O)c2ccc(Oc3cccc4cccnc34)cc2)c2ccncc2N1. The Morgan fingerprint density at radius 2 is 1.77 bits per heavy atom. The van der Waals surface area contributed by atoms with E-state index in [0.717, 1.165) is 9.69 Å². The number of aromatic nitrogens is 2. The van der Waals surface area contributed by atoms with E-state index in [2.05, 4.69) is 15.3 Å². The number of carbonyl (C=O) groups is 1. The summed E-state index contributed by atoms with van der Waals surface area (Å²) in [6, 6.07) is 17.0. The first-order chi connectivity index (χ1) is 15.0. The zero-order valence-electron chi connectivity index (χ0n) is 16.1. The molecule has 1 amide bonds. The van der Waals surface area contributed by atoms with Gasteiger partial charge in [-0.2, -0.15) is 0 Å². The molecule has 0 fully saturated rings. The summed E-state index contributed by atoms with van der Waals surface area (Å²) in [5.41, 5.74) is 1.44. The molecule has 5 rings (SSSR count). The molecule has 0 atom stereocenters. The van der Waals surface area contributed by atoms with Gasteiger partial charge in [-0.15, -0.1) is 0 Å². The molecular weight excluding hydrogens is 416 g/mol. The zero-order chi connectivity index (χ0) is 21.4. The molecule has 31 heavy (non-hydrogen) atoms. The van der Waals surface area contributed by atoms with Gasteiger partial charge >= 0.3 is 0 Å². The third-order valence-corrected chi connectivity index (χ3v) is 6.64. The summed E-state index contributed by atoms with van der Waals surface area (Å²) >= 11 is 0. The molecule has 3 heterocycles. The zero-order valence-corrected chi connectivity index (χ0v) is 16.9. The monoisotopic (exact) mass is 432 g/mol. The van der Waals surface area contributed by atoms with Crippen LogP contribution in [0.3, 0.4) is 0 Å². The third kappa shape index (κ3) is 3.44. The van der Waals surface area contributed by atoms with Gasteiger partial charge in [-0.05, 0) is 42.5 Å². The van der Waals surface area contributed by atoms with E-state index in [0.29, 0.717) is 28.4 Å². The standard InChI is InChI=1S/C22H16N4O4S/c27-21-14-26(19-10-12-23-13-18(19)25-21)31(28,29)17-8-6-16(7-9-17)30-20-5-1-3-15-4-2-11-24-22(15)20/h1-13H,14H2,(H,25,27). The van der Waals surface area contributed by atoms with E-state index >= 15 is 0 Å². The number of carbonyl (C=O) groups excluding carboxylic acids is 1. The Morgan fingerprint density at radius 1 is 0.968 bits per heavy atom. The number of amides is 1. The molecule has 2 aromatic heterocycles. The Hall–Kier alpha value is -3.98. The van der Waals surface area contributed by atoms with E-state index in [9.17, 15) is 13.2 Å². The average molecular weight is 432 g/mol. The maximum absolute atomic E-state index is 13.2. The lowest BCUT2D eigenvalue weighted by atomic mass is 10.2. The van der Waals surface area contributed by atoms with Gasteiger partial charge in [0, 0.05) is 17.8 Å². The molecule has 0 aliphatic carbocycles. The van der Waals surface area contributed by atoms with Gasteiger partial charge in [0.15, 0.2) is 5.75 Å². The van der Waals surface area contributed by atoms with E-state index in [1.54, 1.807) is 30.5 Å². The molecule has 8 nitrogen and oxygen atoms in total. The van der Waals surface area contributed by atoms with Crippen LogP contribution in [-0.2, 0) is 14.8 Å². The molecule has 0 bridgehead atoms. The van der Waals surface area contributed by atoms with Crippen LogP contribution < -0.4 is 14.4 Å². The van der Waals surface area contributed by atoms with Gasteiger partial charge < -0.3 is 10.1 Å². The second kappa shape index (κ2) is 7.37. The molecule has 0 radical (unpaired) electrons. The number of para-hydroxylation sites is 1. The molecule has 154 valence electrons. The maximum Gasteiger partial charge on any atom is 0.264 e. The van der Waals surface area contributed by atoms with Crippen molar-refractivity contribution >= 4 is 38.2 Å². The van der Waals surface area contributed by atoms with Crippen LogP contribution >= 0.6 is 0 Å². The van der Waals surface area contributed by atoms with Gasteiger partial charge in [0.2, 0.25) is 5.91 Å². The first-order valence-corrected chi connectivity index (χ1v) is 10.8. The van der Waals surface area contributed by atoms with Crippen molar-refractivity contribution in [3.63, 3.8) is 0 Å². The van der Waals surface area contributed by atoms with Crippen LogP contribution in [-0.4, -0.2) is 30.8 Å². The highest BCUT2D eigenvalue weighted by Crippen LogP contribution is 2.34. The number of ether oxygens (including phenoxy) is 1. The second-order valence-electron chi connectivity index (χ2n) is 6.86. The highest BCUT2D eigenvalue weighted by Gasteiger charge is 2.32. The molecule has 9 heteroatoms. The van der Waals surface area contributed by atoms with Gasteiger partial charge in [0.25, 0.3) is 10.0 Å². The van der Waals surface area contributed by atoms with Crippen molar-refractivity contribution in [1.29, 1.82) is 0 Å². The molecule has 1 N–H and O–H groups in total. The minimum Gasteiger partial charge on any atom is -0.455 e. The van der Waals surface area contributed by atoms with Crippen molar-refractivity contribution in [2.75, 3.05) is 16.2 Å². The first kappa shape index (κ1) is 19.0. The highest BCUT2D eigenvalue weighted by molar-refractivity contribution is 7.92. The molecule has 1 aliphatic heterocycles. The van der Waals surface area contributed by atoms with Crippen molar-refractivity contribution in [1.82, 2.24) is 9.97 Å². The number of nitrogens with one attached hydrogen (secondary N) is 1. The molecule has 4 aromatic rings. The maximum atomic E-state index is 13.2. The van der Waals surface area contributed by atoms with Gasteiger partial charge in [-0.3, -0.25) is 19.1 Å². The lowest BCUT2D eigenvalue weighted by Gasteiger charge is -2.29. The highest BCUT2D eigenvalue weighted by atomic mass is 32.2. The predicted octanol–water partition coefficient (Wildman–Crippen LogP) is 3.57. The molecule has 2 aromatic carbocycles. The summed E-state index contributed by atoms with van der Waals surface area (Å²) in [7, 11) is -3.96. The van der Waals surface area contributed by atoms with Crippen molar-refractivity contribution in [3.8, 4) is 11.5 Å². The molecule has 1 aliphatic rings. The van der Waals surface area contributed by atoms with Crippen LogP contribution in [0.5, 0.6) is 11.5 Å². The minimum atomic E-state index is -3.96. The van der Waals surface area contributed by atoms with Crippen LogP contribution in [0, 0.1) is 0 Å². The van der Waals surface area contributed by atoms with Crippen LogP contribution in [0.25, 0.3) is 10.9 Å². The summed E-state index contributed by atoms with van der Waals surface area (Å²) in [5, 5.41) is 3.57. The Kier molecular flexibility index (Phi) is 4.52. The number of nitrogens with zero attached hydrogens (tertiary/aromatic N) is 3. The first-order valence-electron chi connectivity index (χ1n) is 9.41. The van der Waals surface area contributed by atoms with Crippen molar-refractivity contribution < 1.29 is 17.9 Å². The van der Waals surface area contributed by atoms with E-state index in [1.807, 2.05) is 24.3 Å². The van der Waals surface area contributed by atoms with Crippen LogP contribution in [0.2, 0.25) is 0 Å². The van der Waals surface area contributed by atoms with Crippen LogP contribution in [0.4, 0.5) is 11.4 Å². The fourth-order valence-corrected chi connectivity index (χ4v) is 4.85. The van der Waals surface area contributed by atoms with E-state index < -0.39 is 15.9 Å². The van der Waals surface area contributed by atoms with E-state index in [4.69, 9.17) is 4.74 Å². The van der Waals surface area contributed by atoms with Crippen LogP contribution in [0.1, 0.15) is 0 Å². The Labute approximate surface area is 178 Å². The molecule has 0 unspecified atom stereocenters. The molecule has 0 spiro atoms. The third-order valence-electron chi connectivity index (χ3n) is 4.86. The summed E-state index contributed by atoms with van der Waals surface area (Å²) in [6.07, 6.45) is 4.59. The molecular formula is C22H16N4O4S. The van der Waals surface area contributed by atoms with E-state index in [-0.39, 0.29) is 11.4 Å².